The molecule has 3 nitrogen and oxygen atoms in total. The Labute approximate surface area is 98.0 Å². The Balaban J connectivity index is 1.72. The predicted octanol–water partition coefficient (Wildman–Crippen LogP) is 1.02. The maximum Gasteiger partial charge on any atom is 0.0829 e. The monoisotopic (exact) mass is 224 g/mol. The van der Waals surface area contributed by atoms with Gasteiger partial charge in [-0.3, -0.25) is 0 Å². The van der Waals surface area contributed by atoms with Gasteiger partial charge in [0, 0.05) is 18.1 Å². The van der Waals surface area contributed by atoms with E-state index < -0.39 is 5.60 Å². The largest absolute Gasteiger partial charge is 0.388 e. The Morgan fingerprint density at radius 2 is 1.81 bits per heavy atom. The molecule has 2 bridgehead atoms. The average molecular weight is 224 g/mol. The van der Waals surface area contributed by atoms with Crippen molar-refractivity contribution >= 4 is 0 Å². The summed E-state index contributed by atoms with van der Waals surface area (Å²) in [7, 11) is 0. The van der Waals surface area contributed by atoms with Crippen LogP contribution in [-0.2, 0) is 0 Å². The molecule has 3 heteroatoms. The molecule has 92 valence electrons. The summed E-state index contributed by atoms with van der Waals surface area (Å²) in [6.07, 6.45) is 6.83. The van der Waals surface area contributed by atoms with Crippen LogP contribution >= 0.6 is 0 Å². The molecule has 0 spiro atoms. The van der Waals surface area contributed by atoms with Crippen LogP contribution in [0.15, 0.2) is 0 Å². The van der Waals surface area contributed by atoms with Crippen LogP contribution in [0.1, 0.15) is 45.4 Å². The third-order valence-electron chi connectivity index (χ3n) is 4.85. The Hall–Kier alpha value is -0.120. The van der Waals surface area contributed by atoms with Crippen LogP contribution in [0.5, 0.6) is 0 Å². The SMILES string of the molecule is CC1CCNC(C2(O)CC3CCC(C2)N3)C1. The summed E-state index contributed by atoms with van der Waals surface area (Å²) in [5.74, 6) is 0.766. The van der Waals surface area contributed by atoms with Crippen molar-refractivity contribution in [2.24, 2.45) is 5.92 Å². The molecule has 4 atom stereocenters. The van der Waals surface area contributed by atoms with Gasteiger partial charge >= 0.3 is 0 Å². The van der Waals surface area contributed by atoms with Gasteiger partial charge in [-0.1, -0.05) is 6.92 Å². The molecule has 3 heterocycles. The lowest BCUT2D eigenvalue weighted by atomic mass is 9.76. The van der Waals surface area contributed by atoms with E-state index in [2.05, 4.69) is 17.6 Å². The van der Waals surface area contributed by atoms with Crippen molar-refractivity contribution in [3.63, 3.8) is 0 Å². The molecule has 0 aromatic carbocycles. The number of fused-ring (bicyclic) bond motifs is 2. The van der Waals surface area contributed by atoms with Crippen LogP contribution in [0.2, 0.25) is 0 Å². The lowest BCUT2D eigenvalue weighted by molar-refractivity contribution is -0.0506. The van der Waals surface area contributed by atoms with E-state index in [4.69, 9.17) is 0 Å². The summed E-state index contributed by atoms with van der Waals surface area (Å²) in [6, 6.07) is 1.48. The molecule has 3 rings (SSSR count). The predicted molar refractivity (Wildman–Crippen MR) is 64.3 cm³/mol. The van der Waals surface area contributed by atoms with Crippen molar-refractivity contribution in [3.05, 3.63) is 0 Å². The highest BCUT2D eigenvalue weighted by Crippen LogP contribution is 2.38. The number of hydrogen-bond acceptors (Lipinski definition) is 3. The summed E-state index contributed by atoms with van der Waals surface area (Å²) in [5.41, 5.74) is -0.439. The second-order valence-corrected chi connectivity index (χ2v) is 6.29. The van der Waals surface area contributed by atoms with Crippen molar-refractivity contribution in [1.29, 1.82) is 0 Å². The zero-order valence-corrected chi connectivity index (χ0v) is 10.2. The van der Waals surface area contributed by atoms with E-state index >= 15 is 0 Å². The molecule has 4 unspecified atom stereocenters. The van der Waals surface area contributed by atoms with Crippen LogP contribution < -0.4 is 10.6 Å². The highest BCUT2D eigenvalue weighted by Gasteiger charge is 2.47. The van der Waals surface area contributed by atoms with E-state index in [9.17, 15) is 5.11 Å². The van der Waals surface area contributed by atoms with Crippen LogP contribution in [-0.4, -0.2) is 35.4 Å². The molecule has 0 saturated carbocycles. The molecule has 3 aliphatic rings. The van der Waals surface area contributed by atoms with Gasteiger partial charge in [0.2, 0.25) is 0 Å². The topological polar surface area (TPSA) is 44.3 Å². The molecule has 0 aliphatic carbocycles. The van der Waals surface area contributed by atoms with Gasteiger partial charge in [-0.15, -0.1) is 0 Å². The van der Waals surface area contributed by atoms with Gasteiger partial charge < -0.3 is 15.7 Å². The van der Waals surface area contributed by atoms with Gasteiger partial charge in [-0.05, 0) is 51.0 Å². The fraction of sp³-hybridized carbons (Fsp3) is 1.00. The highest BCUT2D eigenvalue weighted by atomic mass is 16.3. The molecule has 0 radical (unpaired) electrons. The Morgan fingerprint density at radius 3 is 2.44 bits per heavy atom. The van der Waals surface area contributed by atoms with Crippen LogP contribution in [0, 0.1) is 5.92 Å². The summed E-state index contributed by atoms with van der Waals surface area (Å²) in [6.45, 7) is 3.39. The first-order valence-electron chi connectivity index (χ1n) is 6.87. The van der Waals surface area contributed by atoms with E-state index in [-0.39, 0.29) is 0 Å². The van der Waals surface area contributed by atoms with E-state index in [0.717, 1.165) is 31.7 Å². The summed E-state index contributed by atoms with van der Waals surface area (Å²) < 4.78 is 0. The van der Waals surface area contributed by atoms with Gasteiger partial charge in [0.15, 0.2) is 0 Å². The minimum absolute atomic E-state index is 0.335. The molecule has 0 amide bonds. The molecular formula is C13H24N2O. The number of aliphatic hydroxyl groups is 1. The summed E-state index contributed by atoms with van der Waals surface area (Å²) in [5, 5.41) is 18.1. The first-order chi connectivity index (χ1) is 7.66. The molecular weight excluding hydrogens is 200 g/mol. The standard InChI is InChI=1S/C13H24N2O/c1-9-4-5-14-12(6-9)13(16)7-10-2-3-11(8-13)15-10/h9-12,14-16H,2-8H2,1H3. The molecule has 3 saturated heterocycles. The molecule has 3 fully saturated rings. The maximum absolute atomic E-state index is 10.9. The van der Waals surface area contributed by atoms with E-state index in [0.29, 0.717) is 18.1 Å². The maximum atomic E-state index is 10.9. The lowest BCUT2D eigenvalue weighted by Crippen LogP contribution is -2.60. The number of piperidine rings is 2. The second kappa shape index (κ2) is 3.97. The quantitative estimate of drug-likeness (QED) is 0.623. The Bertz CT molecular complexity index is 257. The van der Waals surface area contributed by atoms with Crippen molar-refractivity contribution in [2.75, 3.05) is 6.54 Å². The summed E-state index contributed by atoms with van der Waals surface area (Å²) >= 11 is 0. The van der Waals surface area contributed by atoms with E-state index in [1.54, 1.807) is 0 Å². The van der Waals surface area contributed by atoms with Gasteiger partial charge in [0.1, 0.15) is 0 Å². The highest BCUT2D eigenvalue weighted by molar-refractivity contribution is 5.06. The van der Waals surface area contributed by atoms with Crippen LogP contribution in [0.4, 0.5) is 0 Å². The minimum atomic E-state index is -0.439. The van der Waals surface area contributed by atoms with Crippen molar-refractivity contribution in [2.45, 2.75) is 69.2 Å². The second-order valence-electron chi connectivity index (χ2n) is 6.29. The fourth-order valence-electron chi connectivity index (χ4n) is 3.96. The lowest BCUT2D eigenvalue weighted by Gasteiger charge is -2.45. The van der Waals surface area contributed by atoms with E-state index in [1.807, 2.05) is 0 Å². The van der Waals surface area contributed by atoms with Crippen LogP contribution in [0.25, 0.3) is 0 Å². The fourth-order valence-corrected chi connectivity index (χ4v) is 3.96. The molecule has 3 N–H and O–H groups in total. The molecule has 0 aromatic rings. The Morgan fingerprint density at radius 1 is 1.12 bits per heavy atom. The molecule has 16 heavy (non-hydrogen) atoms. The molecule has 3 aliphatic heterocycles. The van der Waals surface area contributed by atoms with Crippen molar-refractivity contribution in [1.82, 2.24) is 10.6 Å². The smallest absolute Gasteiger partial charge is 0.0829 e. The number of nitrogens with one attached hydrogen (secondary N) is 2. The van der Waals surface area contributed by atoms with Gasteiger partial charge in [-0.2, -0.15) is 0 Å². The third kappa shape index (κ3) is 1.89. The van der Waals surface area contributed by atoms with Gasteiger partial charge in [-0.25, -0.2) is 0 Å². The normalized spacial score (nSPS) is 52.9. The zero-order chi connectivity index (χ0) is 11.2. The van der Waals surface area contributed by atoms with Crippen LogP contribution in [0.3, 0.4) is 0 Å². The number of rotatable bonds is 1. The first kappa shape index (κ1) is 11.0. The minimum Gasteiger partial charge on any atom is -0.388 e. The number of hydrogen-bond donors (Lipinski definition) is 3. The third-order valence-corrected chi connectivity index (χ3v) is 4.85. The zero-order valence-electron chi connectivity index (χ0n) is 10.2. The average Bonchev–Trinajstić information content (AvgIpc) is 2.59. The van der Waals surface area contributed by atoms with Crippen molar-refractivity contribution < 1.29 is 5.11 Å². The first-order valence-corrected chi connectivity index (χ1v) is 6.87. The van der Waals surface area contributed by atoms with Gasteiger partial charge in [0.05, 0.1) is 5.60 Å². The molecule has 0 aromatic heterocycles. The van der Waals surface area contributed by atoms with Crippen molar-refractivity contribution in [3.8, 4) is 0 Å². The summed E-state index contributed by atoms with van der Waals surface area (Å²) in [4.78, 5) is 0. The van der Waals surface area contributed by atoms with Gasteiger partial charge in [0.25, 0.3) is 0 Å². The Kier molecular flexibility index (Phi) is 2.73. The van der Waals surface area contributed by atoms with E-state index in [1.165, 1.54) is 19.3 Å².